The Balaban J connectivity index is 1.76. The van der Waals surface area contributed by atoms with Crippen molar-refractivity contribution in [2.75, 3.05) is 18.1 Å². The summed E-state index contributed by atoms with van der Waals surface area (Å²) in [6.45, 7) is 4.98. The van der Waals surface area contributed by atoms with E-state index in [1.807, 2.05) is 13.8 Å². The van der Waals surface area contributed by atoms with Gasteiger partial charge in [0.1, 0.15) is 10.7 Å². The number of nitrogens with zero attached hydrogens (tertiary/aromatic N) is 3. The standard InChI is InChI=1S/C20H27N3O4S2/c1-3-9-22(14-8-11-29(26,27)12-14)20(25)17-13(2)16-18(28-17)21-15-7-5-4-6-10-23(15)19(16)24/h14H,3-12H2,1-2H3/t14-/m0/s1. The fraction of sp³-hybridized carbons (Fsp3) is 0.650. The summed E-state index contributed by atoms with van der Waals surface area (Å²) in [5, 5.41) is 0.541. The molecule has 1 atom stereocenters. The van der Waals surface area contributed by atoms with E-state index in [0.717, 1.165) is 37.9 Å². The fourth-order valence-corrected chi connectivity index (χ4v) is 7.33. The average molecular weight is 438 g/mol. The van der Waals surface area contributed by atoms with Gasteiger partial charge in [-0.1, -0.05) is 13.3 Å². The third-order valence-corrected chi connectivity index (χ3v) is 8.90. The van der Waals surface area contributed by atoms with Crippen LogP contribution in [0.3, 0.4) is 0 Å². The van der Waals surface area contributed by atoms with Gasteiger partial charge < -0.3 is 4.90 Å². The highest BCUT2D eigenvalue weighted by atomic mass is 32.2. The van der Waals surface area contributed by atoms with E-state index in [0.29, 0.717) is 40.2 Å². The van der Waals surface area contributed by atoms with E-state index in [9.17, 15) is 18.0 Å². The third kappa shape index (κ3) is 3.74. The summed E-state index contributed by atoms with van der Waals surface area (Å²) in [6, 6.07) is -0.289. The molecule has 2 aromatic rings. The van der Waals surface area contributed by atoms with E-state index in [2.05, 4.69) is 0 Å². The van der Waals surface area contributed by atoms with E-state index in [1.54, 1.807) is 9.47 Å². The van der Waals surface area contributed by atoms with Gasteiger partial charge in [0, 0.05) is 25.6 Å². The molecule has 0 radical (unpaired) electrons. The molecule has 0 aliphatic carbocycles. The lowest BCUT2D eigenvalue weighted by Crippen LogP contribution is -2.41. The van der Waals surface area contributed by atoms with E-state index in [-0.39, 0.29) is 29.0 Å². The van der Waals surface area contributed by atoms with Gasteiger partial charge in [-0.25, -0.2) is 13.4 Å². The minimum Gasteiger partial charge on any atom is -0.334 e. The van der Waals surface area contributed by atoms with E-state index < -0.39 is 9.84 Å². The Morgan fingerprint density at radius 1 is 1.31 bits per heavy atom. The predicted molar refractivity (Wildman–Crippen MR) is 115 cm³/mol. The van der Waals surface area contributed by atoms with Crippen LogP contribution >= 0.6 is 11.3 Å². The molecule has 2 aliphatic rings. The zero-order valence-corrected chi connectivity index (χ0v) is 18.6. The summed E-state index contributed by atoms with van der Waals surface area (Å²) >= 11 is 1.27. The first kappa shape index (κ1) is 20.5. The quantitative estimate of drug-likeness (QED) is 0.733. The summed E-state index contributed by atoms with van der Waals surface area (Å²) in [7, 11) is -3.09. The molecule has 1 saturated heterocycles. The van der Waals surface area contributed by atoms with Crippen LogP contribution in [0, 0.1) is 6.92 Å². The number of rotatable bonds is 4. The van der Waals surface area contributed by atoms with Crippen molar-refractivity contribution in [1.29, 1.82) is 0 Å². The summed E-state index contributed by atoms with van der Waals surface area (Å²) in [4.78, 5) is 34.1. The van der Waals surface area contributed by atoms with Gasteiger partial charge >= 0.3 is 0 Å². The molecule has 7 nitrogen and oxygen atoms in total. The number of carbonyl (C=O) groups excluding carboxylic acids is 1. The molecule has 29 heavy (non-hydrogen) atoms. The van der Waals surface area contributed by atoms with Gasteiger partial charge in [-0.2, -0.15) is 0 Å². The SMILES string of the molecule is CCCN(C(=O)c1sc2nc3n(c(=O)c2c1C)CCCCC3)[C@H]1CCS(=O)(=O)C1. The first-order valence-corrected chi connectivity index (χ1v) is 13.0. The molecule has 0 bridgehead atoms. The van der Waals surface area contributed by atoms with Gasteiger partial charge in [-0.05, 0) is 38.2 Å². The largest absolute Gasteiger partial charge is 0.334 e. The van der Waals surface area contributed by atoms with Crippen LogP contribution in [0.25, 0.3) is 10.2 Å². The zero-order chi connectivity index (χ0) is 20.8. The molecule has 2 aromatic heterocycles. The maximum atomic E-state index is 13.4. The molecule has 9 heteroatoms. The molecule has 158 valence electrons. The molecular formula is C20H27N3O4S2. The third-order valence-electron chi connectivity index (χ3n) is 5.98. The van der Waals surface area contributed by atoms with Crippen LogP contribution in [0.4, 0.5) is 0 Å². The van der Waals surface area contributed by atoms with Gasteiger partial charge in [0.25, 0.3) is 11.5 Å². The molecule has 1 fully saturated rings. The highest BCUT2D eigenvalue weighted by Crippen LogP contribution is 2.31. The minimum atomic E-state index is -3.09. The number of sulfone groups is 1. The van der Waals surface area contributed by atoms with Crippen molar-refractivity contribution in [1.82, 2.24) is 14.5 Å². The molecule has 1 amide bonds. The second kappa shape index (κ2) is 7.83. The molecule has 4 rings (SSSR count). The summed E-state index contributed by atoms with van der Waals surface area (Å²) in [5.74, 6) is 0.797. The smallest absolute Gasteiger partial charge is 0.264 e. The van der Waals surface area contributed by atoms with Crippen molar-refractivity contribution < 1.29 is 13.2 Å². The lowest BCUT2D eigenvalue weighted by Gasteiger charge is -2.27. The van der Waals surface area contributed by atoms with Crippen LogP contribution < -0.4 is 5.56 Å². The minimum absolute atomic E-state index is 0.0257. The summed E-state index contributed by atoms with van der Waals surface area (Å²) < 4.78 is 25.7. The Kier molecular flexibility index (Phi) is 5.54. The Morgan fingerprint density at radius 3 is 2.79 bits per heavy atom. The van der Waals surface area contributed by atoms with Crippen LogP contribution in [0.1, 0.15) is 60.1 Å². The maximum absolute atomic E-state index is 13.4. The lowest BCUT2D eigenvalue weighted by molar-refractivity contribution is 0.0701. The zero-order valence-electron chi connectivity index (χ0n) is 16.9. The van der Waals surface area contributed by atoms with Gasteiger partial charge in [0.2, 0.25) is 0 Å². The predicted octanol–water partition coefficient (Wildman–Crippen LogP) is 2.53. The number of hydrogen-bond donors (Lipinski definition) is 0. The van der Waals surface area contributed by atoms with Crippen molar-refractivity contribution in [3.63, 3.8) is 0 Å². The molecule has 0 saturated carbocycles. The lowest BCUT2D eigenvalue weighted by atomic mass is 10.1. The molecule has 4 heterocycles. The summed E-state index contributed by atoms with van der Waals surface area (Å²) in [5.41, 5.74) is 0.624. The second-order valence-corrected chi connectivity index (χ2v) is 11.3. The van der Waals surface area contributed by atoms with Crippen molar-refractivity contribution in [3.8, 4) is 0 Å². The highest BCUT2D eigenvalue weighted by Gasteiger charge is 2.36. The number of aromatic nitrogens is 2. The van der Waals surface area contributed by atoms with Crippen LogP contribution in [-0.2, 0) is 22.8 Å². The number of carbonyl (C=O) groups is 1. The topological polar surface area (TPSA) is 89.3 Å². The Morgan fingerprint density at radius 2 is 2.10 bits per heavy atom. The molecular weight excluding hydrogens is 410 g/mol. The number of thiophene rings is 1. The molecule has 0 aromatic carbocycles. The number of hydrogen-bond acceptors (Lipinski definition) is 6. The molecule has 2 aliphatic heterocycles. The summed E-state index contributed by atoms with van der Waals surface area (Å²) in [6.07, 6.45) is 5.10. The fourth-order valence-electron chi connectivity index (χ4n) is 4.46. The Hall–Kier alpha value is -1.74. The van der Waals surface area contributed by atoms with Crippen molar-refractivity contribution >= 4 is 37.3 Å². The first-order valence-electron chi connectivity index (χ1n) is 10.4. The number of fused-ring (bicyclic) bond motifs is 2. The first-order chi connectivity index (χ1) is 13.8. The van der Waals surface area contributed by atoms with Crippen LogP contribution in [0.5, 0.6) is 0 Å². The van der Waals surface area contributed by atoms with Crippen molar-refractivity contribution in [2.45, 2.75) is 65.0 Å². The molecule has 0 N–H and O–H groups in total. The Bertz CT molecular complexity index is 1120. The van der Waals surface area contributed by atoms with Gasteiger partial charge in [0.15, 0.2) is 9.84 Å². The van der Waals surface area contributed by atoms with E-state index in [1.165, 1.54) is 11.3 Å². The van der Waals surface area contributed by atoms with E-state index >= 15 is 0 Å². The normalized spacial score (nSPS) is 21.1. The monoisotopic (exact) mass is 437 g/mol. The molecule has 0 spiro atoms. The van der Waals surface area contributed by atoms with Crippen LogP contribution in [0.15, 0.2) is 4.79 Å². The maximum Gasteiger partial charge on any atom is 0.264 e. The second-order valence-electron chi connectivity index (χ2n) is 8.09. The van der Waals surface area contributed by atoms with E-state index in [4.69, 9.17) is 4.98 Å². The van der Waals surface area contributed by atoms with Gasteiger partial charge in [-0.15, -0.1) is 11.3 Å². The highest BCUT2D eigenvalue weighted by molar-refractivity contribution is 7.91. The molecule has 0 unspecified atom stereocenters. The van der Waals surface area contributed by atoms with Gasteiger partial charge in [-0.3, -0.25) is 14.2 Å². The van der Waals surface area contributed by atoms with Gasteiger partial charge in [0.05, 0.1) is 21.8 Å². The van der Waals surface area contributed by atoms with Crippen LogP contribution in [0.2, 0.25) is 0 Å². The van der Waals surface area contributed by atoms with Crippen molar-refractivity contribution in [3.05, 3.63) is 26.6 Å². The van der Waals surface area contributed by atoms with Crippen LogP contribution in [-0.4, -0.2) is 52.9 Å². The number of aryl methyl sites for hydroxylation is 2. The number of amides is 1. The Labute approximate surface area is 174 Å². The average Bonchev–Trinajstić information content (AvgIpc) is 3.08. The van der Waals surface area contributed by atoms with Crippen molar-refractivity contribution in [2.24, 2.45) is 0 Å².